The second-order valence-corrected chi connectivity index (χ2v) is 3.51. The molecule has 1 nitrogen and oxygen atoms in total. The number of alkyl halides is 3. The Balaban J connectivity index is 2.39. The van der Waals surface area contributed by atoms with E-state index in [9.17, 15) is 13.2 Å². The summed E-state index contributed by atoms with van der Waals surface area (Å²) in [5, 5.41) is 0. The highest BCUT2D eigenvalue weighted by atomic mass is 19.4. The van der Waals surface area contributed by atoms with Gasteiger partial charge in [0.2, 0.25) is 0 Å². The van der Waals surface area contributed by atoms with Gasteiger partial charge in [0.05, 0.1) is 0 Å². The molecule has 0 radical (unpaired) electrons. The molecule has 0 saturated heterocycles. The zero-order valence-electron chi connectivity index (χ0n) is 7.56. The van der Waals surface area contributed by atoms with Crippen molar-refractivity contribution in [2.45, 2.75) is 31.9 Å². The van der Waals surface area contributed by atoms with Crippen LogP contribution in [0.3, 0.4) is 0 Å². The quantitative estimate of drug-likeness (QED) is 0.628. The number of rotatable bonds is 0. The number of fused-ring (bicyclic) bond motifs is 1. The van der Waals surface area contributed by atoms with Crippen LogP contribution in [0, 0.1) is 0 Å². The first-order chi connectivity index (χ1) is 6.57. The molecule has 0 aliphatic heterocycles. The zero-order valence-corrected chi connectivity index (χ0v) is 7.56. The third-order valence-electron chi connectivity index (χ3n) is 2.47. The van der Waals surface area contributed by atoms with Gasteiger partial charge in [-0.1, -0.05) is 6.07 Å². The van der Waals surface area contributed by atoms with Crippen LogP contribution in [0.25, 0.3) is 0 Å². The predicted molar refractivity (Wildman–Crippen MR) is 45.9 cm³/mol. The van der Waals surface area contributed by atoms with E-state index in [0.29, 0.717) is 12.1 Å². The first kappa shape index (κ1) is 9.49. The van der Waals surface area contributed by atoms with E-state index < -0.39 is 11.9 Å². The van der Waals surface area contributed by atoms with Crippen molar-refractivity contribution in [2.75, 3.05) is 0 Å². The van der Waals surface area contributed by atoms with Gasteiger partial charge in [-0.15, -0.1) is 0 Å². The molecule has 1 aliphatic carbocycles. The fraction of sp³-hybridized carbons (Fsp3) is 0.500. The predicted octanol–water partition coefficient (Wildman–Crippen LogP) is 2.98. The lowest BCUT2D eigenvalue weighted by Gasteiger charge is -2.16. The monoisotopic (exact) mass is 201 g/mol. The molecule has 0 amide bonds. The van der Waals surface area contributed by atoms with Gasteiger partial charge in [-0.05, 0) is 37.3 Å². The van der Waals surface area contributed by atoms with Crippen molar-refractivity contribution in [2.24, 2.45) is 0 Å². The van der Waals surface area contributed by atoms with Gasteiger partial charge in [0.25, 0.3) is 0 Å². The Kier molecular flexibility index (Phi) is 2.21. The van der Waals surface area contributed by atoms with Crippen LogP contribution in [0.1, 0.15) is 29.8 Å². The standard InChI is InChI=1S/C10H10F3N/c11-10(12,13)9-6-5-7-3-1-2-4-8(7)14-9/h5-6H,1-4H2. The van der Waals surface area contributed by atoms with Crippen molar-refractivity contribution in [3.8, 4) is 0 Å². The smallest absolute Gasteiger partial charge is 0.248 e. The summed E-state index contributed by atoms with van der Waals surface area (Å²) in [5.74, 6) is 0. The Morgan fingerprint density at radius 1 is 1.07 bits per heavy atom. The fourth-order valence-electron chi connectivity index (χ4n) is 1.74. The topological polar surface area (TPSA) is 12.9 Å². The van der Waals surface area contributed by atoms with Crippen molar-refractivity contribution in [3.05, 3.63) is 29.1 Å². The molecular weight excluding hydrogens is 191 g/mol. The maximum atomic E-state index is 12.3. The molecule has 1 aromatic rings. The molecule has 2 rings (SSSR count). The second-order valence-electron chi connectivity index (χ2n) is 3.51. The maximum Gasteiger partial charge on any atom is 0.433 e. The molecule has 4 heteroatoms. The van der Waals surface area contributed by atoms with E-state index in [4.69, 9.17) is 0 Å². The highest BCUT2D eigenvalue weighted by Gasteiger charge is 2.33. The Labute approximate surface area is 80.0 Å². The van der Waals surface area contributed by atoms with Crippen LogP contribution < -0.4 is 0 Å². The minimum atomic E-state index is -4.31. The molecule has 1 aliphatic rings. The van der Waals surface area contributed by atoms with Crippen molar-refractivity contribution < 1.29 is 13.2 Å². The van der Waals surface area contributed by atoms with E-state index in [1.807, 2.05) is 0 Å². The number of aromatic nitrogens is 1. The highest BCUT2D eigenvalue weighted by Crippen LogP contribution is 2.29. The van der Waals surface area contributed by atoms with E-state index >= 15 is 0 Å². The number of halogens is 3. The number of hydrogen-bond donors (Lipinski definition) is 0. The molecule has 0 fully saturated rings. The minimum Gasteiger partial charge on any atom is -0.248 e. The summed E-state index contributed by atoms with van der Waals surface area (Å²) in [6.07, 6.45) is -0.770. The van der Waals surface area contributed by atoms with Crippen molar-refractivity contribution >= 4 is 0 Å². The van der Waals surface area contributed by atoms with E-state index in [0.717, 1.165) is 30.9 Å². The second kappa shape index (κ2) is 3.26. The lowest BCUT2D eigenvalue weighted by molar-refractivity contribution is -0.141. The van der Waals surface area contributed by atoms with Gasteiger partial charge in [0.1, 0.15) is 5.69 Å². The van der Waals surface area contributed by atoms with Gasteiger partial charge < -0.3 is 0 Å². The number of aryl methyl sites for hydroxylation is 2. The van der Waals surface area contributed by atoms with Gasteiger partial charge in [-0.2, -0.15) is 13.2 Å². The average molecular weight is 201 g/mol. The number of nitrogens with zero attached hydrogens (tertiary/aromatic N) is 1. The summed E-state index contributed by atoms with van der Waals surface area (Å²) in [5.41, 5.74) is 0.841. The molecule has 0 saturated carbocycles. The van der Waals surface area contributed by atoms with Crippen LogP contribution in [0.5, 0.6) is 0 Å². The van der Waals surface area contributed by atoms with Crippen molar-refractivity contribution in [3.63, 3.8) is 0 Å². The molecule has 0 bridgehead atoms. The number of hydrogen-bond acceptors (Lipinski definition) is 1. The fourth-order valence-corrected chi connectivity index (χ4v) is 1.74. The summed E-state index contributed by atoms with van der Waals surface area (Å²) >= 11 is 0. The Morgan fingerprint density at radius 3 is 2.50 bits per heavy atom. The minimum absolute atomic E-state index is 0.631. The molecule has 14 heavy (non-hydrogen) atoms. The Morgan fingerprint density at radius 2 is 1.79 bits per heavy atom. The van der Waals surface area contributed by atoms with Crippen LogP contribution in [0.2, 0.25) is 0 Å². The molecule has 1 heterocycles. The van der Waals surface area contributed by atoms with Crippen LogP contribution in [-0.4, -0.2) is 4.98 Å². The SMILES string of the molecule is FC(F)(F)c1ccc2c(n1)CCCC2. The van der Waals surface area contributed by atoms with Crippen molar-refractivity contribution in [1.29, 1.82) is 0 Å². The summed E-state index contributed by atoms with van der Waals surface area (Å²) in [4.78, 5) is 3.66. The molecule has 0 N–H and O–H groups in total. The van der Waals surface area contributed by atoms with E-state index in [-0.39, 0.29) is 0 Å². The van der Waals surface area contributed by atoms with Gasteiger partial charge in [-0.3, -0.25) is 0 Å². The third-order valence-corrected chi connectivity index (χ3v) is 2.47. The van der Waals surface area contributed by atoms with E-state index in [1.165, 1.54) is 0 Å². The summed E-state index contributed by atoms with van der Waals surface area (Å²) < 4.78 is 36.9. The lowest BCUT2D eigenvalue weighted by Crippen LogP contribution is -2.13. The van der Waals surface area contributed by atoms with Crippen LogP contribution in [0.15, 0.2) is 12.1 Å². The van der Waals surface area contributed by atoms with Gasteiger partial charge in [0.15, 0.2) is 0 Å². The average Bonchev–Trinajstić information content (AvgIpc) is 2.16. The van der Waals surface area contributed by atoms with Crippen molar-refractivity contribution in [1.82, 2.24) is 4.98 Å². The third kappa shape index (κ3) is 1.74. The van der Waals surface area contributed by atoms with Crippen LogP contribution in [-0.2, 0) is 19.0 Å². The Bertz CT molecular complexity index is 344. The Hall–Kier alpha value is -1.06. The highest BCUT2D eigenvalue weighted by molar-refractivity contribution is 5.26. The molecule has 0 spiro atoms. The lowest BCUT2D eigenvalue weighted by atomic mass is 9.96. The summed E-state index contributed by atoms with van der Waals surface area (Å²) in [7, 11) is 0. The van der Waals surface area contributed by atoms with Crippen LogP contribution in [0.4, 0.5) is 13.2 Å². The van der Waals surface area contributed by atoms with Gasteiger partial charge in [-0.25, -0.2) is 4.98 Å². The first-order valence-corrected chi connectivity index (χ1v) is 4.63. The molecule has 0 atom stereocenters. The largest absolute Gasteiger partial charge is 0.433 e. The van der Waals surface area contributed by atoms with Gasteiger partial charge in [0, 0.05) is 5.69 Å². The van der Waals surface area contributed by atoms with E-state index in [1.54, 1.807) is 6.07 Å². The van der Waals surface area contributed by atoms with Crippen LogP contribution >= 0.6 is 0 Å². The molecule has 1 aromatic heterocycles. The molecule has 0 unspecified atom stereocenters. The normalized spacial score (nSPS) is 16.5. The number of pyridine rings is 1. The zero-order chi connectivity index (χ0) is 10.2. The van der Waals surface area contributed by atoms with Gasteiger partial charge >= 0.3 is 6.18 Å². The molecule has 0 aromatic carbocycles. The van der Waals surface area contributed by atoms with E-state index in [2.05, 4.69) is 4.98 Å². The molecular formula is C10H10F3N. The summed E-state index contributed by atoms with van der Waals surface area (Å²) in [6.45, 7) is 0. The molecule has 76 valence electrons. The summed E-state index contributed by atoms with van der Waals surface area (Å²) in [6, 6.07) is 2.63. The first-order valence-electron chi connectivity index (χ1n) is 4.63. The maximum absolute atomic E-state index is 12.3.